The second-order valence-electron chi connectivity index (χ2n) is 13.3. The largest absolute Gasteiger partial charge is 0.508 e. The van der Waals surface area contributed by atoms with Gasteiger partial charge in [-0.3, -0.25) is 33.6 Å². The lowest BCUT2D eigenvalue weighted by molar-refractivity contribution is -0.134. The lowest BCUT2D eigenvalue weighted by Crippen LogP contribution is -2.58. The van der Waals surface area contributed by atoms with Crippen molar-refractivity contribution in [3.8, 4) is 5.75 Å². The topological polar surface area (TPSA) is 282 Å². The van der Waals surface area contributed by atoms with Crippen LogP contribution in [0.2, 0.25) is 0 Å². The van der Waals surface area contributed by atoms with Crippen LogP contribution in [-0.2, 0) is 46.4 Å². The highest BCUT2D eigenvalue weighted by Crippen LogP contribution is 2.22. The van der Waals surface area contributed by atoms with Crippen molar-refractivity contribution < 1.29 is 43.1 Å². The molecule has 1 aromatic heterocycles. The van der Waals surface area contributed by atoms with E-state index >= 15 is 0 Å². The fourth-order valence-corrected chi connectivity index (χ4v) is 5.62. The Labute approximate surface area is 311 Å². The Hall–Kier alpha value is -6.26. The fourth-order valence-electron chi connectivity index (χ4n) is 5.62. The third-order valence-corrected chi connectivity index (χ3v) is 8.23. The monoisotopic (exact) mass is 749 g/mol. The van der Waals surface area contributed by atoms with Gasteiger partial charge in [-0.25, -0.2) is 4.79 Å². The van der Waals surface area contributed by atoms with E-state index in [2.05, 4.69) is 26.6 Å². The molecule has 0 bridgehead atoms. The van der Waals surface area contributed by atoms with E-state index in [0.29, 0.717) is 16.5 Å². The van der Waals surface area contributed by atoms with Crippen LogP contribution in [0.25, 0.3) is 11.0 Å². The molecule has 0 fully saturated rings. The van der Waals surface area contributed by atoms with Gasteiger partial charge in [-0.05, 0) is 60.6 Å². The number of primary amides is 2. The molecule has 1 heterocycles. The van der Waals surface area contributed by atoms with Crippen LogP contribution in [0.15, 0.2) is 57.7 Å². The highest BCUT2D eigenvalue weighted by Gasteiger charge is 2.32. The number of carbonyl (C=O) groups is 7. The molecular weight excluding hydrogens is 702 g/mol. The van der Waals surface area contributed by atoms with Gasteiger partial charge in [0.1, 0.15) is 35.5 Å². The van der Waals surface area contributed by atoms with Crippen LogP contribution in [-0.4, -0.2) is 70.6 Å². The van der Waals surface area contributed by atoms with Crippen LogP contribution in [0, 0.1) is 5.92 Å². The molecule has 0 radical (unpaired) electrons. The molecule has 10 N–H and O–H groups in total. The van der Waals surface area contributed by atoms with Gasteiger partial charge < -0.3 is 47.6 Å². The molecule has 0 aliphatic rings. The second-order valence-corrected chi connectivity index (χ2v) is 13.3. The van der Waals surface area contributed by atoms with Gasteiger partial charge in [0.05, 0.1) is 6.42 Å². The summed E-state index contributed by atoms with van der Waals surface area (Å²) in [6.45, 7) is 6.56. The Morgan fingerprint density at radius 2 is 1.37 bits per heavy atom. The summed E-state index contributed by atoms with van der Waals surface area (Å²) in [6, 6.07) is 6.76. The number of carbonyl (C=O) groups excluding carboxylic acids is 7. The van der Waals surface area contributed by atoms with Gasteiger partial charge in [-0.1, -0.05) is 32.9 Å². The Morgan fingerprint density at radius 3 is 1.96 bits per heavy atom. The van der Waals surface area contributed by atoms with Crippen molar-refractivity contribution in [1.29, 1.82) is 0 Å². The number of rotatable bonds is 19. The minimum atomic E-state index is -1.32. The smallest absolute Gasteiger partial charge is 0.336 e. The fraction of sp³-hybridized carbons (Fsp3) is 0.405. The summed E-state index contributed by atoms with van der Waals surface area (Å²) in [6.07, 6.45) is -0.399. The molecule has 290 valence electrons. The van der Waals surface area contributed by atoms with E-state index in [9.17, 15) is 43.5 Å². The number of amides is 7. The summed E-state index contributed by atoms with van der Waals surface area (Å²) in [4.78, 5) is 101. The van der Waals surface area contributed by atoms with Gasteiger partial charge in [0.25, 0.3) is 0 Å². The summed E-state index contributed by atoms with van der Waals surface area (Å²) in [5, 5.41) is 23.2. The van der Waals surface area contributed by atoms with E-state index in [4.69, 9.17) is 15.9 Å². The predicted octanol–water partition coefficient (Wildman–Crippen LogP) is 0.388. The molecule has 0 saturated carbocycles. The molecule has 4 atom stereocenters. The van der Waals surface area contributed by atoms with E-state index in [1.54, 1.807) is 19.1 Å². The number of benzene rings is 2. The average molecular weight is 750 g/mol. The van der Waals surface area contributed by atoms with E-state index in [1.807, 2.05) is 13.8 Å². The normalized spacial score (nSPS) is 13.2. The van der Waals surface area contributed by atoms with Gasteiger partial charge in [-0.2, -0.15) is 0 Å². The zero-order valence-electron chi connectivity index (χ0n) is 30.5. The van der Waals surface area contributed by atoms with Crippen LogP contribution in [0.4, 0.5) is 5.69 Å². The number of fused-ring (bicyclic) bond motifs is 1. The van der Waals surface area contributed by atoms with Gasteiger partial charge in [-0.15, -0.1) is 0 Å². The maximum Gasteiger partial charge on any atom is 0.336 e. The molecule has 0 aliphatic heterocycles. The molecule has 0 aliphatic carbocycles. The van der Waals surface area contributed by atoms with Gasteiger partial charge >= 0.3 is 5.63 Å². The minimum Gasteiger partial charge on any atom is -0.508 e. The molecule has 3 aromatic rings. The highest BCUT2D eigenvalue weighted by molar-refractivity contribution is 6.00. The number of nitrogens with one attached hydrogen (secondary N) is 5. The number of aromatic hydroxyl groups is 1. The number of anilines is 1. The number of phenolic OH excluding ortho intramolecular Hbond substituents is 1. The van der Waals surface area contributed by atoms with Crippen molar-refractivity contribution in [1.82, 2.24) is 21.3 Å². The number of hydrogen-bond donors (Lipinski definition) is 8. The first-order valence-corrected chi connectivity index (χ1v) is 17.4. The van der Waals surface area contributed by atoms with Crippen molar-refractivity contribution in [2.75, 3.05) is 5.32 Å². The number of hydrogen-bond acceptors (Lipinski definition) is 10. The molecule has 0 unspecified atom stereocenters. The van der Waals surface area contributed by atoms with Gasteiger partial charge in [0.15, 0.2) is 0 Å². The third kappa shape index (κ3) is 13.1. The Bertz CT molecular complexity index is 1930. The van der Waals surface area contributed by atoms with E-state index in [-0.39, 0.29) is 61.5 Å². The van der Waals surface area contributed by atoms with Crippen LogP contribution < -0.4 is 43.7 Å². The van der Waals surface area contributed by atoms with Crippen LogP contribution in [0.3, 0.4) is 0 Å². The van der Waals surface area contributed by atoms with Gasteiger partial charge in [0.2, 0.25) is 41.4 Å². The Morgan fingerprint density at radius 1 is 0.759 bits per heavy atom. The van der Waals surface area contributed by atoms with Crippen molar-refractivity contribution in [2.24, 2.45) is 17.4 Å². The Kier molecular flexibility index (Phi) is 15.3. The van der Waals surface area contributed by atoms with Crippen LogP contribution in [0.5, 0.6) is 5.75 Å². The Balaban J connectivity index is 1.87. The van der Waals surface area contributed by atoms with E-state index in [0.717, 1.165) is 6.07 Å². The summed E-state index contributed by atoms with van der Waals surface area (Å²) < 4.78 is 5.25. The minimum absolute atomic E-state index is 0.00867. The van der Waals surface area contributed by atoms with Crippen LogP contribution >= 0.6 is 0 Å². The molecule has 0 saturated heterocycles. The first-order valence-electron chi connectivity index (χ1n) is 17.4. The lowest BCUT2D eigenvalue weighted by Gasteiger charge is -2.27. The van der Waals surface area contributed by atoms with Crippen molar-refractivity contribution in [2.45, 2.75) is 90.4 Å². The summed E-state index contributed by atoms with van der Waals surface area (Å²) in [5.74, 6) is -4.87. The molecular formula is C37H47N7O10. The maximum atomic E-state index is 13.8. The standard InChI is InChI=1S/C37H47N7O10/c1-5-26(40-20(4)45)34(50)44-29(15-21-6-9-24(46)10-7-21)37(53)43-28(14-19(2)3)36(52)42-27(12-13-31(38)47)35(51)41-23-8-11-25-22(16-32(39)48)17-33(49)54-30(25)18-23/h6-11,17-19,26-29,46H,5,12-16H2,1-4H3,(H2,38,47)(H2,39,48)(H,40,45)(H,41,51)(H,42,52)(H,43,53)(H,44,50)/t26-,27-,28-,29+/m0/s1. The second kappa shape index (κ2) is 19.5. The molecule has 3 rings (SSSR count). The summed E-state index contributed by atoms with van der Waals surface area (Å²) in [7, 11) is 0. The van der Waals surface area contributed by atoms with Crippen LogP contribution in [0.1, 0.15) is 64.5 Å². The number of phenols is 1. The lowest BCUT2D eigenvalue weighted by atomic mass is 10.00. The molecule has 54 heavy (non-hydrogen) atoms. The zero-order valence-corrected chi connectivity index (χ0v) is 30.5. The molecule has 17 heteroatoms. The maximum absolute atomic E-state index is 13.8. The number of nitrogens with two attached hydrogens (primary N) is 2. The van der Waals surface area contributed by atoms with Crippen molar-refractivity contribution in [3.05, 3.63) is 70.1 Å². The summed E-state index contributed by atoms with van der Waals surface area (Å²) >= 11 is 0. The zero-order chi connectivity index (χ0) is 40.1. The molecule has 2 aromatic carbocycles. The third-order valence-electron chi connectivity index (χ3n) is 8.23. The molecule has 0 spiro atoms. The SMILES string of the molecule is CC[C@H](NC(C)=O)C(=O)N[C@H](Cc1ccc(O)cc1)C(=O)N[C@@H](CC(C)C)C(=O)N[C@@H](CCC(N)=O)C(=O)Nc1ccc2c(CC(N)=O)cc(=O)oc2c1. The van der Waals surface area contributed by atoms with E-state index < -0.39 is 71.1 Å². The highest BCUT2D eigenvalue weighted by atomic mass is 16.4. The van der Waals surface area contributed by atoms with Crippen molar-refractivity contribution in [3.63, 3.8) is 0 Å². The van der Waals surface area contributed by atoms with Gasteiger partial charge in [0, 0.05) is 43.0 Å². The predicted molar refractivity (Wildman–Crippen MR) is 197 cm³/mol. The quantitative estimate of drug-likeness (QED) is 0.0781. The van der Waals surface area contributed by atoms with E-state index in [1.165, 1.54) is 37.3 Å². The average Bonchev–Trinajstić information content (AvgIpc) is 3.08. The molecule has 7 amide bonds. The first-order chi connectivity index (χ1) is 25.4. The first kappa shape index (κ1) is 42.2. The van der Waals surface area contributed by atoms with Crippen molar-refractivity contribution >= 4 is 58.0 Å². The molecule has 17 nitrogen and oxygen atoms in total. The summed E-state index contributed by atoms with van der Waals surface area (Å²) in [5.41, 5.74) is 11.0.